The molecule has 2 amide bonds. The molecular weight excluding hydrogens is 368 g/mol. The summed E-state index contributed by atoms with van der Waals surface area (Å²) >= 11 is 0. The zero-order valence-corrected chi connectivity index (χ0v) is 17.1. The van der Waals surface area contributed by atoms with Gasteiger partial charge in [0.15, 0.2) is 5.82 Å². The first-order chi connectivity index (χ1) is 14.2. The molecule has 2 aliphatic heterocycles. The molecule has 1 aromatic heterocycles. The van der Waals surface area contributed by atoms with Crippen molar-refractivity contribution >= 4 is 23.3 Å². The van der Waals surface area contributed by atoms with Crippen LogP contribution in [0.1, 0.15) is 51.4 Å². The summed E-state index contributed by atoms with van der Waals surface area (Å²) in [7, 11) is 1.55. The molecule has 1 aromatic rings. The Morgan fingerprint density at radius 3 is 2.72 bits per heavy atom. The van der Waals surface area contributed by atoms with E-state index in [2.05, 4.69) is 27.4 Å². The number of carbonyl (C=O) groups is 2. The first kappa shape index (κ1) is 19.9. The lowest BCUT2D eigenvalue weighted by atomic mass is 9.96. The van der Waals surface area contributed by atoms with Gasteiger partial charge in [-0.1, -0.05) is 25.0 Å². The van der Waals surface area contributed by atoms with E-state index in [0.29, 0.717) is 23.4 Å². The van der Waals surface area contributed by atoms with Crippen molar-refractivity contribution in [1.82, 2.24) is 9.88 Å². The topological polar surface area (TPSA) is 74.8 Å². The summed E-state index contributed by atoms with van der Waals surface area (Å²) < 4.78 is 5.26. The summed E-state index contributed by atoms with van der Waals surface area (Å²) in [4.78, 5) is 33.8. The Hall–Kier alpha value is -2.41. The lowest BCUT2D eigenvalue weighted by Gasteiger charge is -2.40. The Balaban J connectivity index is 1.52. The summed E-state index contributed by atoms with van der Waals surface area (Å²) in [6.45, 7) is 1.90. The Kier molecular flexibility index (Phi) is 6.13. The summed E-state index contributed by atoms with van der Waals surface area (Å²) in [5.74, 6) is 0.466. The van der Waals surface area contributed by atoms with Gasteiger partial charge in [-0.25, -0.2) is 0 Å². The van der Waals surface area contributed by atoms with Crippen molar-refractivity contribution in [2.45, 2.75) is 63.5 Å². The van der Waals surface area contributed by atoms with E-state index in [9.17, 15) is 9.59 Å². The first-order valence-electron chi connectivity index (χ1n) is 10.7. The zero-order chi connectivity index (χ0) is 20.2. The third-order valence-corrected chi connectivity index (χ3v) is 6.20. The molecule has 7 heteroatoms. The minimum absolute atomic E-state index is 0.0438. The molecule has 0 bridgehead atoms. The second-order valence-corrected chi connectivity index (χ2v) is 8.11. The highest BCUT2D eigenvalue weighted by Gasteiger charge is 2.35. The molecule has 1 unspecified atom stereocenters. The average Bonchev–Trinajstić information content (AvgIpc) is 2.82. The number of likely N-dealkylation sites (tertiary alicyclic amines) is 1. The van der Waals surface area contributed by atoms with Crippen molar-refractivity contribution in [2.24, 2.45) is 0 Å². The number of nitrogens with zero attached hydrogens (tertiary/aromatic N) is 3. The van der Waals surface area contributed by atoms with Crippen LogP contribution >= 0.6 is 0 Å². The highest BCUT2D eigenvalue weighted by atomic mass is 16.5. The van der Waals surface area contributed by atoms with E-state index in [-0.39, 0.29) is 24.3 Å². The number of amides is 2. The van der Waals surface area contributed by atoms with Gasteiger partial charge < -0.3 is 10.1 Å². The van der Waals surface area contributed by atoms with Crippen LogP contribution < -0.4 is 15.0 Å². The highest BCUT2D eigenvalue weighted by Crippen LogP contribution is 2.34. The Labute approximate surface area is 172 Å². The standard InChI is InChI=1S/C22H30N4O3/c1-29-20-10-9-18-22(24-20)26(21(28)15-19(27)23-18)17-11-13-25(14-12-17)16-7-5-3-2-4-6-8-16/h5,7,9-10,16-17H,2-4,6,8,11-15H2,1H3,(H,23,27)/b7-5-. The lowest BCUT2D eigenvalue weighted by Crippen LogP contribution is -2.50. The molecule has 4 rings (SSSR count). The van der Waals surface area contributed by atoms with Gasteiger partial charge in [-0.15, -0.1) is 0 Å². The number of piperidine rings is 1. The molecule has 1 N–H and O–H groups in total. The number of carbonyl (C=O) groups excluding carboxylic acids is 2. The summed E-state index contributed by atoms with van der Waals surface area (Å²) in [5, 5.41) is 2.81. The van der Waals surface area contributed by atoms with Crippen molar-refractivity contribution in [1.29, 1.82) is 0 Å². The zero-order valence-electron chi connectivity index (χ0n) is 17.1. The molecule has 1 fully saturated rings. The van der Waals surface area contributed by atoms with E-state index in [0.717, 1.165) is 25.9 Å². The van der Waals surface area contributed by atoms with Crippen molar-refractivity contribution in [3.63, 3.8) is 0 Å². The van der Waals surface area contributed by atoms with Crippen molar-refractivity contribution < 1.29 is 14.3 Å². The minimum atomic E-state index is -0.289. The van der Waals surface area contributed by atoms with Gasteiger partial charge >= 0.3 is 0 Å². The van der Waals surface area contributed by atoms with Crippen molar-refractivity contribution in [3.05, 3.63) is 24.3 Å². The smallest absolute Gasteiger partial charge is 0.237 e. The van der Waals surface area contributed by atoms with Crippen LogP contribution in [0.4, 0.5) is 11.5 Å². The van der Waals surface area contributed by atoms with E-state index in [1.807, 2.05) is 0 Å². The number of rotatable bonds is 3. The number of hydrogen-bond donors (Lipinski definition) is 1. The molecular formula is C22H30N4O3. The van der Waals surface area contributed by atoms with E-state index in [1.54, 1.807) is 24.1 Å². The maximum absolute atomic E-state index is 12.9. The maximum atomic E-state index is 12.9. The summed E-state index contributed by atoms with van der Waals surface area (Å²) in [6.07, 6.45) is 12.6. The van der Waals surface area contributed by atoms with Crippen LogP contribution in [0.2, 0.25) is 0 Å². The van der Waals surface area contributed by atoms with Crippen LogP contribution in [-0.4, -0.2) is 54.0 Å². The van der Waals surface area contributed by atoms with Crippen LogP contribution in [-0.2, 0) is 9.59 Å². The number of methoxy groups -OCH3 is 1. The normalized spacial score (nSPS) is 25.4. The predicted octanol–water partition coefficient (Wildman–Crippen LogP) is 3.12. The number of ether oxygens (including phenoxy) is 1. The van der Waals surface area contributed by atoms with Crippen LogP contribution in [0, 0.1) is 0 Å². The third kappa shape index (κ3) is 4.45. The Morgan fingerprint density at radius 1 is 1.10 bits per heavy atom. The van der Waals surface area contributed by atoms with Gasteiger partial charge in [0.25, 0.3) is 0 Å². The fraction of sp³-hybridized carbons (Fsp3) is 0.591. The number of nitrogens with one attached hydrogen (secondary N) is 1. The number of hydrogen-bond acceptors (Lipinski definition) is 5. The van der Waals surface area contributed by atoms with Gasteiger partial charge in [-0.05, 0) is 38.2 Å². The maximum Gasteiger partial charge on any atom is 0.237 e. The fourth-order valence-corrected chi connectivity index (χ4v) is 4.66. The quantitative estimate of drug-likeness (QED) is 0.625. The second-order valence-electron chi connectivity index (χ2n) is 8.11. The third-order valence-electron chi connectivity index (χ3n) is 6.20. The largest absolute Gasteiger partial charge is 0.481 e. The molecule has 156 valence electrons. The van der Waals surface area contributed by atoms with Gasteiger partial charge in [-0.2, -0.15) is 4.98 Å². The van der Waals surface area contributed by atoms with Gasteiger partial charge in [0.1, 0.15) is 6.42 Å². The Bertz CT molecular complexity index is 786. The van der Waals surface area contributed by atoms with E-state index >= 15 is 0 Å². The van der Waals surface area contributed by atoms with Gasteiger partial charge in [0.2, 0.25) is 17.7 Å². The van der Waals surface area contributed by atoms with Gasteiger partial charge in [0.05, 0.1) is 12.8 Å². The number of anilines is 2. The molecule has 7 nitrogen and oxygen atoms in total. The van der Waals surface area contributed by atoms with Gasteiger partial charge in [0, 0.05) is 31.2 Å². The molecule has 1 atom stereocenters. The molecule has 0 radical (unpaired) electrons. The molecule has 3 aliphatic rings. The van der Waals surface area contributed by atoms with E-state index in [4.69, 9.17) is 4.74 Å². The average molecular weight is 399 g/mol. The van der Waals surface area contributed by atoms with Crippen LogP contribution in [0.25, 0.3) is 0 Å². The van der Waals surface area contributed by atoms with E-state index in [1.165, 1.54) is 32.1 Å². The summed E-state index contributed by atoms with van der Waals surface area (Å²) in [6, 6.07) is 4.02. The lowest BCUT2D eigenvalue weighted by molar-refractivity contribution is -0.125. The highest BCUT2D eigenvalue weighted by molar-refractivity contribution is 6.14. The van der Waals surface area contributed by atoms with Crippen molar-refractivity contribution in [2.75, 3.05) is 30.4 Å². The number of aromatic nitrogens is 1. The molecule has 1 aliphatic carbocycles. The molecule has 1 saturated heterocycles. The fourth-order valence-electron chi connectivity index (χ4n) is 4.66. The van der Waals surface area contributed by atoms with Crippen LogP contribution in [0.15, 0.2) is 24.3 Å². The number of fused-ring (bicyclic) bond motifs is 1. The number of pyridine rings is 1. The monoisotopic (exact) mass is 398 g/mol. The molecule has 29 heavy (non-hydrogen) atoms. The van der Waals surface area contributed by atoms with E-state index < -0.39 is 0 Å². The SMILES string of the molecule is COc1ccc2c(n1)N(C1CCN(C3/C=C\CCCCC3)CC1)C(=O)CC(=O)N2. The summed E-state index contributed by atoms with van der Waals surface area (Å²) in [5.41, 5.74) is 0.576. The van der Waals surface area contributed by atoms with Crippen LogP contribution in [0.5, 0.6) is 5.88 Å². The molecule has 0 spiro atoms. The predicted molar refractivity (Wildman–Crippen MR) is 112 cm³/mol. The molecule has 3 heterocycles. The van der Waals surface area contributed by atoms with Crippen molar-refractivity contribution in [3.8, 4) is 5.88 Å². The first-order valence-corrected chi connectivity index (χ1v) is 10.7. The van der Waals surface area contributed by atoms with Gasteiger partial charge in [-0.3, -0.25) is 19.4 Å². The molecule has 0 aromatic carbocycles. The second kappa shape index (κ2) is 8.95. The Morgan fingerprint density at radius 2 is 1.93 bits per heavy atom. The molecule has 0 saturated carbocycles. The minimum Gasteiger partial charge on any atom is -0.481 e. The number of allylic oxidation sites excluding steroid dienone is 1. The van der Waals surface area contributed by atoms with Crippen LogP contribution in [0.3, 0.4) is 0 Å².